The van der Waals surface area contributed by atoms with Crippen molar-refractivity contribution in [3.63, 3.8) is 0 Å². The van der Waals surface area contributed by atoms with Crippen LogP contribution in [0.2, 0.25) is 0 Å². The normalized spacial score (nSPS) is 11.9. The summed E-state index contributed by atoms with van der Waals surface area (Å²) >= 11 is 0.130. The number of aromatic nitrogens is 1. The monoisotopic (exact) mass is 901 g/mol. The van der Waals surface area contributed by atoms with E-state index in [-0.39, 0.29) is 14.5 Å². The van der Waals surface area contributed by atoms with E-state index < -0.39 is 0 Å². The molecule has 0 amide bonds. The van der Waals surface area contributed by atoms with Crippen molar-refractivity contribution in [2.75, 3.05) is 0 Å². The van der Waals surface area contributed by atoms with Gasteiger partial charge in [-0.3, -0.25) is 0 Å². The third-order valence-corrected chi connectivity index (χ3v) is 16.5. The summed E-state index contributed by atoms with van der Waals surface area (Å²) in [7, 11) is 0. The number of benzene rings is 12. The van der Waals surface area contributed by atoms with Gasteiger partial charge in [-0.25, -0.2) is 0 Å². The maximum atomic E-state index is 2.52. The fourth-order valence-corrected chi connectivity index (χ4v) is 13.7. The van der Waals surface area contributed by atoms with Crippen molar-refractivity contribution in [3.05, 3.63) is 237 Å². The molecule has 0 radical (unpaired) electrons. The fourth-order valence-electron chi connectivity index (χ4n) is 11.2. The second-order valence-corrected chi connectivity index (χ2v) is 19.7. The smallest absolute Gasteiger partial charge is 0.0544 e. The van der Waals surface area contributed by atoms with Crippen molar-refractivity contribution in [1.29, 1.82) is 0 Å². The second kappa shape index (κ2) is 14.8. The maximum Gasteiger partial charge on any atom is -0.0544 e. The Morgan fingerprint density at radius 3 is 1.35 bits per heavy atom. The largest absolute Gasteiger partial charge is 0.0617 e. The van der Waals surface area contributed by atoms with E-state index in [1.54, 1.807) is 0 Å². The first-order valence-electron chi connectivity index (χ1n) is 22.8. The Morgan fingerprint density at radius 1 is 0.258 bits per heavy atom. The fraction of sp³-hybridized carbons (Fsp3) is 0. The van der Waals surface area contributed by atoms with Crippen LogP contribution in [0.3, 0.4) is 0 Å². The Kier molecular flexibility index (Phi) is 8.37. The van der Waals surface area contributed by atoms with Gasteiger partial charge in [0.05, 0.1) is 0 Å². The van der Waals surface area contributed by atoms with Gasteiger partial charge in [-0.15, -0.1) is 0 Å². The van der Waals surface area contributed by atoms with Gasteiger partial charge in [0.25, 0.3) is 0 Å². The molecule has 0 aliphatic heterocycles. The Balaban J connectivity index is 0.999. The van der Waals surface area contributed by atoms with Crippen molar-refractivity contribution in [1.82, 2.24) is 4.57 Å². The predicted octanol–water partition coefficient (Wildman–Crippen LogP) is 17.4. The van der Waals surface area contributed by atoms with Gasteiger partial charge >= 0.3 is 343 Å². The van der Waals surface area contributed by atoms with Gasteiger partial charge < -0.3 is 0 Å². The van der Waals surface area contributed by atoms with E-state index in [4.69, 9.17) is 0 Å². The number of nitrogens with zero attached hydrogens (tertiary/aromatic N) is 1. The molecule has 0 saturated heterocycles. The molecule has 0 saturated carbocycles. The van der Waals surface area contributed by atoms with Crippen molar-refractivity contribution in [3.8, 4) is 50.2 Å². The molecular weight excluding hydrogens is 862 g/mol. The van der Waals surface area contributed by atoms with E-state index >= 15 is 0 Å². The number of fused-ring (bicyclic) bond motifs is 10. The van der Waals surface area contributed by atoms with E-state index in [1.807, 2.05) is 0 Å². The molecule has 2 heteroatoms. The molecule has 66 heavy (non-hydrogen) atoms. The third kappa shape index (κ3) is 5.53. The van der Waals surface area contributed by atoms with Crippen molar-refractivity contribution < 1.29 is 0 Å². The van der Waals surface area contributed by atoms with E-state index in [0.717, 1.165) is 0 Å². The zero-order valence-electron chi connectivity index (χ0n) is 35.9. The molecule has 0 aliphatic carbocycles. The Morgan fingerprint density at radius 2 is 0.712 bits per heavy atom. The van der Waals surface area contributed by atoms with Crippen LogP contribution in [0.15, 0.2) is 237 Å². The van der Waals surface area contributed by atoms with Crippen LogP contribution in [-0.4, -0.2) is 19.1 Å². The molecule has 14 rings (SSSR count). The standard InChI is InChI=1S/C64H39NSe/c1-3-18-40(19-4-1)42-34-36-58-55(38-42)44-22-15-16-33-57(44)65(58)63-51-29-13-11-27-49(51)61(50-28-12-14-30-52(50)63)43-35-37-59-56(39-43)53-31-17-32-54(64(53)66-59)62-47-25-9-7-23-45(47)60(41-20-5-2-6-21-41)46-24-8-10-26-48(46)62/h1-39H. The molecule has 0 spiro atoms. The number of hydrogen-bond donors (Lipinski definition) is 0. The minimum Gasteiger partial charge on any atom is -0.0617 e. The first-order chi connectivity index (χ1) is 32.8. The molecular formula is C64H39NSe. The summed E-state index contributed by atoms with van der Waals surface area (Å²) in [6.45, 7) is 0. The SMILES string of the molecule is c1ccc(-c2ccc3c(c2)c2ccccc2n3-c2c3ccccc3c(-c3ccc4[se]c5c(-c6c7ccccc7c(-c7ccccc7)c7ccccc67)cccc5c4c3)c3ccccc23)cc1. The zero-order chi connectivity index (χ0) is 43.3. The Labute approximate surface area is 387 Å². The van der Waals surface area contributed by atoms with Crippen LogP contribution < -0.4 is 0 Å². The molecule has 306 valence electrons. The van der Waals surface area contributed by atoms with E-state index in [0.29, 0.717) is 0 Å². The molecule has 0 bridgehead atoms. The molecule has 0 fully saturated rings. The van der Waals surface area contributed by atoms with Gasteiger partial charge in [-0.1, -0.05) is 36.4 Å². The predicted molar refractivity (Wildman–Crippen MR) is 285 cm³/mol. The van der Waals surface area contributed by atoms with Gasteiger partial charge in [0.15, 0.2) is 0 Å². The minimum atomic E-state index is 0.130. The van der Waals surface area contributed by atoms with Crippen molar-refractivity contribution in [2.45, 2.75) is 0 Å². The average molecular weight is 901 g/mol. The summed E-state index contributed by atoms with van der Waals surface area (Å²) in [5.41, 5.74) is 13.9. The first-order valence-corrected chi connectivity index (χ1v) is 24.5. The van der Waals surface area contributed by atoms with Crippen molar-refractivity contribution >= 4 is 98.7 Å². The van der Waals surface area contributed by atoms with Crippen LogP contribution in [0.25, 0.3) is 134 Å². The zero-order valence-corrected chi connectivity index (χ0v) is 37.6. The third-order valence-electron chi connectivity index (χ3n) is 14.0. The molecule has 0 N–H and O–H groups in total. The van der Waals surface area contributed by atoms with E-state index in [1.165, 1.54) is 134 Å². The van der Waals surface area contributed by atoms with Crippen LogP contribution in [0, 0.1) is 0 Å². The minimum absolute atomic E-state index is 0.130. The van der Waals surface area contributed by atoms with Gasteiger partial charge in [-0.2, -0.15) is 0 Å². The van der Waals surface area contributed by atoms with Crippen molar-refractivity contribution in [2.24, 2.45) is 0 Å². The quantitative estimate of drug-likeness (QED) is 0.120. The number of para-hydroxylation sites is 1. The Hall–Kier alpha value is -8.00. The second-order valence-electron chi connectivity index (χ2n) is 17.5. The molecule has 12 aromatic carbocycles. The molecule has 1 nitrogen and oxygen atoms in total. The number of rotatable bonds is 5. The average Bonchev–Trinajstić information content (AvgIpc) is 3.93. The van der Waals surface area contributed by atoms with Gasteiger partial charge in [0, 0.05) is 0 Å². The maximum absolute atomic E-state index is 2.52. The Bertz CT molecular complexity index is 4160. The van der Waals surface area contributed by atoms with Crippen LogP contribution in [0.1, 0.15) is 0 Å². The first kappa shape index (κ1) is 37.4. The summed E-state index contributed by atoms with van der Waals surface area (Å²) in [4.78, 5) is 0. The molecule has 0 aliphatic rings. The summed E-state index contributed by atoms with van der Waals surface area (Å²) in [6, 6.07) is 88.1. The summed E-state index contributed by atoms with van der Waals surface area (Å²) in [5, 5.41) is 15.4. The topological polar surface area (TPSA) is 4.93 Å². The van der Waals surface area contributed by atoms with E-state index in [2.05, 4.69) is 241 Å². The summed E-state index contributed by atoms with van der Waals surface area (Å²) in [6.07, 6.45) is 0. The molecule has 14 aromatic rings. The van der Waals surface area contributed by atoms with Crippen LogP contribution in [0.4, 0.5) is 0 Å². The van der Waals surface area contributed by atoms with Crippen LogP contribution in [-0.2, 0) is 0 Å². The molecule has 2 heterocycles. The van der Waals surface area contributed by atoms with Crippen LogP contribution in [0.5, 0.6) is 0 Å². The molecule has 0 unspecified atom stereocenters. The van der Waals surface area contributed by atoms with Gasteiger partial charge in [-0.05, 0) is 11.1 Å². The van der Waals surface area contributed by atoms with Gasteiger partial charge in [0.2, 0.25) is 0 Å². The summed E-state index contributed by atoms with van der Waals surface area (Å²) in [5.74, 6) is 0. The molecule has 2 aromatic heterocycles. The summed E-state index contributed by atoms with van der Waals surface area (Å²) < 4.78 is 5.43. The van der Waals surface area contributed by atoms with E-state index in [9.17, 15) is 0 Å². The number of hydrogen-bond acceptors (Lipinski definition) is 0. The van der Waals surface area contributed by atoms with Gasteiger partial charge in [0.1, 0.15) is 0 Å². The molecule has 0 atom stereocenters. The van der Waals surface area contributed by atoms with Crippen LogP contribution >= 0.6 is 0 Å².